The normalized spacial score (nSPS) is 17.6. The van der Waals surface area contributed by atoms with Gasteiger partial charge in [-0.2, -0.15) is 0 Å². The van der Waals surface area contributed by atoms with E-state index in [0.29, 0.717) is 30.1 Å². The van der Waals surface area contributed by atoms with Gasteiger partial charge in [-0.05, 0) is 38.3 Å². The number of nitrogens with zero attached hydrogens (tertiary/aromatic N) is 2. The minimum Gasteiger partial charge on any atom is -0.360 e. The van der Waals surface area contributed by atoms with Crippen molar-refractivity contribution in [1.29, 1.82) is 0 Å². The van der Waals surface area contributed by atoms with Crippen molar-refractivity contribution in [3.8, 4) is 0 Å². The number of likely N-dealkylation sites (tertiary alicyclic amines) is 1. The Kier molecular flexibility index (Phi) is 4.97. The van der Waals surface area contributed by atoms with E-state index in [-0.39, 0.29) is 11.8 Å². The summed E-state index contributed by atoms with van der Waals surface area (Å²) >= 11 is 0. The Bertz CT molecular complexity index is 795. The van der Waals surface area contributed by atoms with E-state index < -0.39 is 6.04 Å². The van der Waals surface area contributed by atoms with E-state index in [0.717, 1.165) is 12.0 Å². The number of benzene rings is 1. The number of aryl methyl sites for hydroxylation is 1. The Morgan fingerprint density at radius 2 is 2.08 bits per heavy atom. The molecule has 0 bridgehead atoms. The van der Waals surface area contributed by atoms with Gasteiger partial charge in [0.05, 0.1) is 0 Å². The molecule has 0 spiro atoms. The van der Waals surface area contributed by atoms with Gasteiger partial charge in [0.25, 0.3) is 0 Å². The fourth-order valence-corrected chi connectivity index (χ4v) is 3.00. The summed E-state index contributed by atoms with van der Waals surface area (Å²) in [5, 5.41) is 6.49. The fraction of sp³-hybridized carbons (Fsp3) is 0.316. The van der Waals surface area contributed by atoms with E-state index in [9.17, 15) is 9.59 Å². The van der Waals surface area contributed by atoms with Crippen LogP contribution >= 0.6 is 0 Å². The van der Waals surface area contributed by atoms with E-state index >= 15 is 0 Å². The molecule has 0 unspecified atom stereocenters. The van der Waals surface area contributed by atoms with Crippen LogP contribution in [0.15, 0.2) is 46.5 Å². The lowest BCUT2D eigenvalue weighted by molar-refractivity contribution is -0.133. The molecule has 1 aromatic heterocycles. The second-order valence-electron chi connectivity index (χ2n) is 6.21. The lowest BCUT2D eigenvalue weighted by Crippen LogP contribution is -2.43. The summed E-state index contributed by atoms with van der Waals surface area (Å²) in [4.78, 5) is 26.9. The predicted octanol–water partition coefficient (Wildman–Crippen LogP) is 3.02. The van der Waals surface area contributed by atoms with Gasteiger partial charge in [0.15, 0.2) is 5.82 Å². The molecule has 1 N–H and O–H groups in total. The van der Waals surface area contributed by atoms with Crippen LogP contribution in [0.1, 0.15) is 31.1 Å². The van der Waals surface area contributed by atoms with Crippen LogP contribution in [0.25, 0.3) is 6.08 Å². The van der Waals surface area contributed by atoms with Crippen molar-refractivity contribution in [1.82, 2.24) is 10.1 Å². The minimum absolute atomic E-state index is 0.113. The average Bonchev–Trinajstić information content (AvgIpc) is 3.24. The van der Waals surface area contributed by atoms with Crippen molar-refractivity contribution >= 4 is 23.7 Å². The molecule has 0 radical (unpaired) electrons. The molecule has 1 aromatic carbocycles. The first-order valence-electron chi connectivity index (χ1n) is 8.33. The minimum atomic E-state index is -0.483. The first kappa shape index (κ1) is 17.0. The molecular formula is C19H21N3O3. The summed E-state index contributed by atoms with van der Waals surface area (Å²) < 4.78 is 4.95. The third-order valence-corrected chi connectivity index (χ3v) is 4.22. The monoisotopic (exact) mass is 339 g/mol. The van der Waals surface area contributed by atoms with Crippen molar-refractivity contribution in [2.24, 2.45) is 0 Å². The number of amides is 2. The molecule has 25 heavy (non-hydrogen) atoms. The Balaban J connectivity index is 1.71. The first-order chi connectivity index (χ1) is 12.0. The van der Waals surface area contributed by atoms with Gasteiger partial charge in [-0.3, -0.25) is 9.59 Å². The van der Waals surface area contributed by atoms with Crippen LogP contribution in [0.4, 0.5) is 5.82 Å². The second-order valence-corrected chi connectivity index (χ2v) is 6.21. The van der Waals surface area contributed by atoms with Gasteiger partial charge >= 0.3 is 0 Å². The van der Waals surface area contributed by atoms with Crippen molar-refractivity contribution in [3.63, 3.8) is 0 Å². The molecule has 0 aliphatic carbocycles. The summed E-state index contributed by atoms with van der Waals surface area (Å²) in [7, 11) is 0. The zero-order valence-corrected chi connectivity index (χ0v) is 14.4. The Labute approximate surface area is 146 Å². The maximum Gasteiger partial charge on any atom is 0.250 e. The first-order valence-corrected chi connectivity index (χ1v) is 8.33. The van der Waals surface area contributed by atoms with Gasteiger partial charge in [-0.25, -0.2) is 0 Å². The highest BCUT2D eigenvalue weighted by molar-refractivity contribution is 6.02. The molecule has 1 aliphatic rings. The van der Waals surface area contributed by atoms with Crippen LogP contribution in [0, 0.1) is 6.92 Å². The van der Waals surface area contributed by atoms with E-state index in [2.05, 4.69) is 10.5 Å². The zero-order chi connectivity index (χ0) is 17.8. The van der Waals surface area contributed by atoms with Crippen molar-refractivity contribution < 1.29 is 14.1 Å². The van der Waals surface area contributed by atoms with E-state index in [1.54, 1.807) is 24.8 Å². The van der Waals surface area contributed by atoms with Crippen LogP contribution in [-0.2, 0) is 9.59 Å². The maximum absolute atomic E-state index is 12.8. The number of hydrogen-bond donors (Lipinski definition) is 1. The van der Waals surface area contributed by atoms with Gasteiger partial charge in [-0.15, -0.1) is 0 Å². The van der Waals surface area contributed by atoms with Crippen molar-refractivity contribution in [3.05, 3.63) is 53.3 Å². The third kappa shape index (κ3) is 3.96. The lowest BCUT2D eigenvalue weighted by Gasteiger charge is -2.24. The van der Waals surface area contributed by atoms with Crippen LogP contribution in [-0.4, -0.2) is 34.5 Å². The summed E-state index contributed by atoms with van der Waals surface area (Å²) in [6.45, 7) is 4.12. The second kappa shape index (κ2) is 7.34. The van der Waals surface area contributed by atoms with E-state index in [1.807, 2.05) is 36.4 Å². The van der Waals surface area contributed by atoms with Crippen LogP contribution in [0.5, 0.6) is 0 Å². The molecular weight excluding hydrogens is 318 g/mol. The van der Waals surface area contributed by atoms with E-state index in [1.165, 1.54) is 0 Å². The average molecular weight is 339 g/mol. The molecule has 130 valence electrons. The zero-order valence-electron chi connectivity index (χ0n) is 14.4. The molecule has 1 atom stereocenters. The molecule has 0 saturated carbocycles. The molecule has 2 aromatic rings. The highest BCUT2D eigenvalue weighted by Gasteiger charge is 2.34. The Hall–Kier alpha value is -2.89. The van der Waals surface area contributed by atoms with E-state index in [4.69, 9.17) is 4.52 Å². The van der Waals surface area contributed by atoms with Gasteiger partial charge < -0.3 is 14.7 Å². The van der Waals surface area contributed by atoms with Crippen molar-refractivity contribution in [2.45, 2.75) is 32.7 Å². The Morgan fingerprint density at radius 3 is 2.76 bits per heavy atom. The summed E-state index contributed by atoms with van der Waals surface area (Å²) in [6, 6.07) is 10.8. The highest BCUT2D eigenvalue weighted by atomic mass is 16.5. The highest BCUT2D eigenvalue weighted by Crippen LogP contribution is 2.22. The number of anilines is 1. The van der Waals surface area contributed by atoms with Crippen molar-refractivity contribution in [2.75, 3.05) is 11.9 Å². The summed E-state index contributed by atoms with van der Waals surface area (Å²) in [6.07, 6.45) is 3.30. The SMILES string of the molecule is C/C(=C\c1ccccc1)C(=O)N1CCC[C@H]1C(=O)Nc1cc(C)on1. The number of carbonyl (C=O) groups is 2. The van der Waals surface area contributed by atoms with Gasteiger partial charge in [-0.1, -0.05) is 35.5 Å². The summed E-state index contributed by atoms with van der Waals surface area (Å²) in [5.41, 5.74) is 1.58. The molecule has 1 saturated heterocycles. The molecule has 1 aliphatic heterocycles. The predicted molar refractivity (Wildman–Crippen MR) is 94.7 cm³/mol. The molecule has 3 rings (SSSR count). The van der Waals surface area contributed by atoms with Gasteiger partial charge in [0.1, 0.15) is 11.8 Å². The molecule has 2 amide bonds. The van der Waals surface area contributed by atoms with Crippen LogP contribution in [0.3, 0.4) is 0 Å². The lowest BCUT2D eigenvalue weighted by atomic mass is 10.1. The molecule has 6 nitrogen and oxygen atoms in total. The number of aromatic nitrogens is 1. The van der Waals surface area contributed by atoms with Crippen LogP contribution < -0.4 is 5.32 Å². The molecule has 2 heterocycles. The largest absolute Gasteiger partial charge is 0.360 e. The standard InChI is InChI=1S/C19H21N3O3/c1-13(11-15-7-4-3-5-8-15)19(24)22-10-6-9-16(22)18(23)20-17-12-14(2)25-21-17/h3-5,7-8,11-12,16H,6,9-10H2,1-2H3,(H,20,21,23)/b13-11+/t16-/m0/s1. The van der Waals surface area contributed by atoms with Gasteiger partial charge in [0, 0.05) is 18.2 Å². The topological polar surface area (TPSA) is 75.4 Å². The number of rotatable bonds is 4. The smallest absolute Gasteiger partial charge is 0.250 e. The number of hydrogen-bond acceptors (Lipinski definition) is 4. The summed E-state index contributed by atoms with van der Waals surface area (Å²) in [5.74, 6) is 0.652. The third-order valence-electron chi connectivity index (χ3n) is 4.22. The van der Waals surface area contributed by atoms with Gasteiger partial charge in [0.2, 0.25) is 11.8 Å². The maximum atomic E-state index is 12.8. The fourth-order valence-electron chi connectivity index (χ4n) is 3.00. The van der Waals surface area contributed by atoms with Crippen LogP contribution in [0.2, 0.25) is 0 Å². The molecule has 6 heteroatoms. The molecule has 1 fully saturated rings. The Morgan fingerprint density at radius 1 is 1.32 bits per heavy atom. The quantitative estimate of drug-likeness (QED) is 0.869. The number of carbonyl (C=O) groups excluding carboxylic acids is 2. The number of nitrogens with one attached hydrogen (secondary N) is 1.